The summed E-state index contributed by atoms with van der Waals surface area (Å²) in [6.45, 7) is 1.64. The molecule has 0 unspecified atom stereocenters. The number of rotatable bonds is 3. The first-order valence-corrected chi connectivity index (χ1v) is 6.58. The average Bonchev–Trinajstić information content (AvgIpc) is 3.19. The number of ether oxygens (including phenoxy) is 2. The molecule has 3 aromatic rings. The molecule has 3 heterocycles. The lowest BCUT2D eigenvalue weighted by Crippen LogP contribution is -2.32. The van der Waals surface area contributed by atoms with E-state index in [2.05, 4.69) is 4.98 Å². The molecule has 0 amide bonds. The second-order valence-corrected chi connectivity index (χ2v) is 4.83. The number of imidazole rings is 1. The van der Waals surface area contributed by atoms with Crippen LogP contribution in [0.2, 0.25) is 0 Å². The Balaban J connectivity index is 1.78. The van der Waals surface area contributed by atoms with Crippen molar-refractivity contribution < 1.29 is 13.9 Å². The maximum atomic E-state index is 5.92. The maximum absolute atomic E-state index is 5.92. The SMILES string of the molecule is c1ccc2oc(C3(Cn4ccnc4)OCCO3)cc2c1. The molecule has 102 valence electrons. The Hall–Kier alpha value is -2.11. The number of furan rings is 1. The van der Waals surface area contributed by atoms with Gasteiger partial charge in [-0.2, -0.15) is 0 Å². The predicted molar refractivity (Wildman–Crippen MR) is 72.0 cm³/mol. The Morgan fingerprint density at radius 1 is 1.20 bits per heavy atom. The van der Waals surface area contributed by atoms with Crippen molar-refractivity contribution in [1.29, 1.82) is 0 Å². The van der Waals surface area contributed by atoms with Crippen LogP contribution in [0.4, 0.5) is 0 Å². The van der Waals surface area contributed by atoms with Crippen LogP contribution in [-0.4, -0.2) is 22.8 Å². The quantitative estimate of drug-likeness (QED) is 0.734. The summed E-state index contributed by atoms with van der Waals surface area (Å²) in [6, 6.07) is 9.88. The molecule has 0 radical (unpaired) electrons. The van der Waals surface area contributed by atoms with E-state index >= 15 is 0 Å². The second-order valence-electron chi connectivity index (χ2n) is 4.83. The normalized spacial score (nSPS) is 17.8. The second kappa shape index (κ2) is 4.47. The molecule has 5 heteroatoms. The summed E-state index contributed by atoms with van der Waals surface area (Å²) < 4.78 is 19.6. The Morgan fingerprint density at radius 3 is 2.80 bits per heavy atom. The highest BCUT2D eigenvalue weighted by Crippen LogP contribution is 2.36. The predicted octanol–water partition coefficient (Wildman–Crippen LogP) is 2.53. The van der Waals surface area contributed by atoms with Crippen molar-refractivity contribution in [1.82, 2.24) is 9.55 Å². The van der Waals surface area contributed by atoms with Gasteiger partial charge in [0.2, 0.25) is 5.79 Å². The average molecular weight is 270 g/mol. The summed E-state index contributed by atoms with van der Waals surface area (Å²) in [5, 5.41) is 1.05. The Morgan fingerprint density at radius 2 is 2.05 bits per heavy atom. The lowest BCUT2D eigenvalue weighted by atomic mass is 10.2. The van der Waals surface area contributed by atoms with Gasteiger partial charge in [-0.1, -0.05) is 18.2 Å². The van der Waals surface area contributed by atoms with Crippen LogP contribution in [0.3, 0.4) is 0 Å². The first kappa shape index (κ1) is 11.7. The zero-order valence-electron chi connectivity index (χ0n) is 10.9. The first-order valence-electron chi connectivity index (χ1n) is 6.58. The molecule has 20 heavy (non-hydrogen) atoms. The molecule has 5 nitrogen and oxygen atoms in total. The number of hydrogen-bond acceptors (Lipinski definition) is 4. The largest absolute Gasteiger partial charge is 0.455 e. The van der Waals surface area contributed by atoms with E-state index in [0.29, 0.717) is 25.5 Å². The minimum absolute atomic E-state index is 0.521. The zero-order chi connectivity index (χ0) is 13.4. The van der Waals surface area contributed by atoms with Crippen LogP contribution >= 0.6 is 0 Å². The smallest absolute Gasteiger partial charge is 0.247 e. The molecular weight excluding hydrogens is 256 g/mol. The van der Waals surface area contributed by atoms with Gasteiger partial charge in [0.25, 0.3) is 0 Å². The van der Waals surface area contributed by atoms with Crippen LogP contribution in [0, 0.1) is 0 Å². The minimum atomic E-state index is -0.861. The standard InChI is InChI=1S/C15H14N2O3/c1-2-4-13-12(3-1)9-14(20-13)15(18-7-8-19-15)10-17-6-5-16-11-17/h1-6,9,11H,7-8,10H2. The van der Waals surface area contributed by atoms with Crippen LogP contribution in [0.1, 0.15) is 5.76 Å². The fraction of sp³-hybridized carbons (Fsp3) is 0.267. The molecule has 1 aromatic carbocycles. The molecule has 1 aliphatic heterocycles. The molecular formula is C15H14N2O3. The van der Waals surface area contributed by atoms with Crippen molar-refractivity contribution in [2.75, 3.05) is 13.2 Å². The number of benzene rings is 1. The van der Waals surface area contributed by atoms with E-state index in [-0.39, 0.29) is 0 Å². The molecule has 0 saturated carbocycles. The molecule has 0 atom stereocenters. The van der Waals surface area contributed by atoms with E-state index in [1.807, 2.05) is 41.1 Å². The van der Waals surface area contributed by atoms with Crippen molar-refractivity contribution in [3.63, 3.8) is 0 Å². The fourth-order valence-electron chi connectivity index (χ4n) is 2.56. The third-order valence-electron chi connectivity index (χ3n) is 3.50. The molecule has 1 saturated heterocycles. The van der Waals surface area contributed by atoms with Gasteiger partial charge in [-0.25, -0.2) is 4.98 Å². The lowest BCUT2D eigenvalue weighted by Gasteiger charge is -2.25. The highest BCUT2D eigenvalue weighted by molar-refractivity contribution is 5.77. The van der Waals surface area contributed by atoms with Gasteiger partial charge in [0, 0.05) is 17.8 Å². The summed E-state index contributed by atoms with van der Waals surface area (Å²) in [5.41, 5.74) is 0.839. The summed E-state index contributed by atoms with van der Waals surface area (Å²) in [6.07, 6.45) is 5.37. The third kappa shape index (κ3) is 1.83. The monoisotopic (exact) mass is 270 g/mol. The van der Waals surface area contributed by atoms with E-state index in [1.54, 1.807) is 12.5 Å². The van der Waals surface area contributed by atoms with Crippen molar-refractivity contribution in [2.45, 2.75) is 12.3 Å². The van der Waals surface area contributed by atoms with E-state index in [0.717, 1.165) is 11.0 Å². The van der Waals surface area contributed by atoms with Gasteiger partial charge >= 0.3 is 0 Å². The van der Waals surface area contributed by atoms with Crippen molar-refractivity contribution in [3.8, 4) is 0 Å². The lowest BCUT2D eigenvalue weighted by molar-refractivity contribution is -0.187. The maximum Gasteiger partial charge on any atom is 0.247 e. The number of para-hydroxylation sites is 1. The van der Waals surface area contributed by atoms with Crippen LogP contribution in [0.15, 0.2) is 53.5 Å². The highest BCUT2D eigenvalue weighted by atomic mass is 16.7. The Bertz CT molecular complexity index is 679. The van der Waals surface area contributed by atoms with Crippen molar-refractivity contribution in [2.24, 2.45) is 0 Å². The first-order chi connectivity index (χ1) is 9.86. The van der Waals surface area contributed by atoms with Gasteiger partial charge in [-0.05, 0) is 12.1 Å². The molecule has 1 aliphatic rings. The molecule has 0 spiro atoms. The molecule has 0 aliphatic carbocycles. The van der Waals surface area contributed by atoms with Crippen LogP contribution < -0.4 is 0 Å². The Kier molecular flexibility index (Phi) is 2.61. The topological polar surface area (TPSA) is 49.4 Å². The van der Waals surface area contributed by atoms with Crippen molar-refractivity contribution >= 4 is 11.0 Å². The van der Waals surface area contributed by atoms with E-state index in [1.165, 1.54) is 0 Å². The molecule has 4 rings (SSSR count). The summed E-state index contributed by atoms with van der Waals surface area (Å²) in [5.74, 6) is -0.162. The van der Waals surface area contributed by atoms with Gasteiger partial charge in [-0.15, -0.1) is 0 Å². The molecule has 1 fully saturated rings. The van der Waals surface area contributed by atoms with E-state index < -0.39 is 5.79 Å². The highest BCUT2D eigenvalue weighted by Gasteiger charge is 2.42. The van der Waals surface area contributed by atoms with Gasteiger partial charge < -0.3 is 18.5 Å². The third-order valence-corrected chi connectivity index (χ3v) is 3.50. The number of hydrogen-bond donors (Lipinski definition) is 0. The zero-order valence-corrected chi connectivity index (χ0v) is 10.9. The van der Waals surface area contributed by atoms with Crippen molar-refractivity contribution in [3.05, 3.63) is 54.8 Å². The van der Waals surface area contributed by atoms with E-state index in [9.17, 15) is 0 Å². The minimum Gasteiger partial charge on any atom is -0.455 e. The van der Waals surface area contributed by atoms with Gasteiger partial charge in [-0.3, -0.25) is 0 Å². The van der Waals surface area contributed by atoms with Crippen LogP contribution in [-0.2, 0) is 21.8 Å². The summed E-state index contributed by atoms with van der Waals surface area (Å²) >= 11 is 0. The number of nitrogens with zero attached hydrogens (tertiary/aromatic N) is 2. The van der Waals surface area contributed by atoms with Crippen LogP contribution in [0.5, 0.6) is 0 Å². The molecule has 2 aromatic heterocycles. The van der Waals surface area contributed by atoms with Gasteiger partial charge in [0.05, 0.1) is 26.1 Å². The molecule has 0 bridgehead atoms. The number of aromatic nitrogens is 2. The summed E-state index contributed by atoms with van der Waals surface area (Å²) in [7, 11) is 0. The molecule has 0 N–H and O–H groups in total. The summed E-state index contributed by atoms with van der Waals surface area (Å²) in [4.78, 5) is 4.05. The van der Waals surface area contributed by atoms with Gasteiger partial charge in [0.15, 0.2) is 5.76 Å². The fourth-order valence-corrected chi connectivity index (χ4v) is 2.56. The van der Waals surface area contributed by atoms with Gasteiger partial charge in [0.1, 0.15) is 5.58 Å². The number of fused-ring (bicyclic) bond motifs is 1. The Labute approximate surface area is 115 Å². The van der Waals surface area contributed by atoms with Crippen LogP contribution in [0.25, 0.3) is 11.0 Å². The van der Waals surface area contributed by atoms with E-state index in [4.69, 9.17) is 13.9 Å².